The lowest BCUT2D eigenvalue weighted by molar-refractivity contribution is -0.148. The zero-order chi connectivity index (χ0) is 14.2. The minimum Gasteiger partial charge on any atom is -0.315 e. The van der Waals surface area contributed by atoms with Crippen LogP contribution in [0.2, 0.25) is 0 Å². The van der Waals surface area contributed by atoms with Gasteiger partial charge in [0.05, 0.1) is 6.54 Å². The number of fused-ring (bicyclic) bond motifs is 1. The summed E-state index contributed by atoms with van der Waals surface area (Å²) in [4.78, 5) is 2.22. The van der Waals surface area contributed by atoms with E-state index in [9.17, 15) is 13.2 Å². The van der Waals surface area contributed by atoms with Crippen molar-refractivity contribution >= 4 is 0 Å². The van der Waals surface area contributed by atoms with E-state index in [4.69, 9.17) is 0 Å². The number of hydrogen-bond donors (Lipinski definition) is 1. The largest absolute Gasteiger partial charge is 0.451 e. The van der Waals surface area contributed by atoms with Gasteiger partial charge in [-0.1, -0.05) is 6.42 Å². The Balaban J connectivity index is 1.74. The van der Waals surface area contributed by atoms with Crippen LogP contribution in [0.1, 0.15) is 30.9 Å². The highest BCUT2D eigenvalue weighted by atomic mass is 19.4. The van der Waals surface area contributed by atoms with Crippen molar-refractivity contribution in [1.29, 1.82) is 0 Å². The molecule has 1 saturated heterocycles. The second-order valence-electron chi connectivity index (χ2n) is 5.41. The molecule has 0 aliphatic carbocycles. The first-order chi connectivity index (χ1) is 9.55. The van der Waals surface area contributed by atoms with Crippen LogP contribution >= 0.6 is 0 Å². The predicted molar refractivity (Wildman–Crippen MR) is 65.9 cm³/mol. The van der Waals surface area contributed by atoms with E-state index >= 15 is 0 Å². The third-order valence-electron chi connectivity index (χ3n) is 4.07. The molecule has 1 fully saturated rings. The molecule has 8 heteroatoms. The Kier molecular flexibility index (Phi) is 3.68. The molecular formula is C12H18F3N5. The SMILES string of the molecule is FC(F)(F)c1nnc2n1CCN(C1CCCCNC1)C2. The third kappa shape index (κ3) is 2.67. The summed E-state index contributed by atoms with van der Waals surface area (Å²) in [6.45, 7) is 3.32. The third-order valence-corrected chi connectivity index (χ3v) is 4.07. The summed E-state index contributed by atoms with van der Waals surface area (Å²) in [5.74, 6) is -0.445. The number of hydrogen-bond acceptors (Lipinski definition) is 4. The Hall–Kier alpha value is -1.15. The molecule has 0 aromatic carbocycles. The fourth-order valence-corrected chi connectivity index (χ4v) is 3.01. The first kappa shape index (κ1) is 13.8. The quantitative estimate of drug-likeness (QED) is 0.845. The number of nitrogens with one attached hydrogen (secondary N) is 1. The molecule has 20 heavy (non-hydrogen) atoms. The average Bonchev–Trinajstić information content (AvgIpc) is 2.65. The molecule has 0 saturated carbocycles. The number of nitrogens with zero attached hydrogens (tertiary/aromatic N) is 4. The summed E-state index contributed by atoms with van der Waals surface area (Å²) in [7, 11) is 0. The molecule has 3 rings (SSSR count). The standard InChI is InChI=1S/C12H18F3N5/c13-12(14,15)11-18-17-10-8-19(5-6-20(10)11)9-3-1-2-4-16-7-9/h9,16H,1-8H2. The van der Waals surface area contributed by atoms with E-state index in [1.807, 2.05) is 0 Å². The van der Waals surface area contributed by atoms with Gasteiger partial charge in [-0.15, -0.1) is 10.2 Å². The van der Waals surface area contributed by atoms with Gasteiger partial charge in [0.2, 0.25) is 5.82 Å². The highest BCUT2D eigenvalue weighted by Crippen LogP contribution is 2.30. The van der Waals surface area contributed by atoms with Crippen molar-refractivity contribution in [3.8, 4) is 0 Å². The van der Waals surface area contributed by atoms with Gasteiger partial charge in [0.25, 0.3) is 0 Å². The molecule has 0 spiro atoms. The molecule has 1 unspecified atom stereocenters. The van der Waals surface area contributed by atoms with Crippen LogP contribution in [0.5, 0.6) is 0 Å². The van der Waals surface area contributed by atoms with E-state index in [1.54, 1.807) is 0 Å². The molecule has 0 amide bonds. The lowest BCUT2D eigenvalue weighted by Gasteiger charge is -2.34. The maximum atomic E-state index is 12.8. The van der Waals surface area contributed by atoms with E-state index in [0.717, 1.165) is 25.9 Å². The van der Waals surface area contributed by atoms with E-state index in [-0.39, 0.29) is 0 Å². The van der Waals surface area contributed by atoms with Gasteiger partial charge < -0.3 is 9.88 Å². The number of rotatable bonds is 1. The Bertz CT molecular complexity index is 462. The summed E-state index contributed by atoms with van der Waals surface area (Å²) >= 11 is 0. The first-order valence-corrected chi connectivity index (χ1v) is 7.00. The van der Waals surface area contributed by atoms with Crippen LogP contribution < -0.4 is 5.32 Å². The normalized spacial score (nSPS) is 25.2. The summed E-state index contributed by atoms with van der Waals surface area (Å²) in [6.07, 6.45) is -1.00. The second kappa shape index (κ2) is 5.33. The molecule has 5 nitrogen and oxygen atoms in total. The van der Waals surface area contributed by atoms with Crippen LogP contribution in [0.3, 0.4) is 0 Å². The van der Waals surface area contributed by atoms with Crippen molar-refractivity contribution in [3.05, 3.63) is 11.6 Å². The van der Waals surface area contributed by atoms with Crippen LogP contribution in [0.4, 0.5) is 13.2 Å². The van der Waals surface area contributed by atoms with Gasteiger partial charge in [-0.3, -0.25) is 4.90 Å². The Morgan fingerprint density at radius 1 is 1.15 bits per heavy atom. The van der Waals surface area contributed by atoms with Crippen LogP contribution in [-0.4, -0.2) is 45.3 Å². The lowest BCUT2D eigenvalue weighted by atomic mass is 10.1. The van der Waals surface area contributed by atoms with Gasteiger partial charge in [-0.2, -0.15) is 13.2 Å². The molecule has 1 N–H and O–H groups in total. The average molecular weight is 289 g/mol. The monoisotopic (exact) mass is 289 g/mol. The first-order valence-electron chi connectivity index (χ1n) is 7.00. The Morgan fingerprint density at radius 3 is 2.80 bits per heavy atom. The topological polar surface area (TPSA) is 46.0 Å². The van der Waals surface area contributed by atoms with Gasteiger partial charge in [-0.05, 0) is 19.4 Å². The zero-order valence-electron chi connectivity index (χ0n) is 11.2. The molecule has 1 aromatic rings. The van der Waals surface area contributed by atoms with E-state index in [0.29, 0.717) is 31.5 Å². The molecule has 1 atom stereocenters. The minimum absolute atomic E-state index is 0.313. The Morgan fingerprint density at radius 2 is 2.00 bits per heavy atom. The summed E-state index contributed by atoms with van der Waals surface area (Å²) in [6, 6.07) is 0.386. The van der Waals surface area contributed by atoms with Crippen molar-refractivity contribution in [2.24, 2.45) is 0 Å². The summed E-state index contributed by atoms with van der Waals surface area (Å²) < 4.78 is 39.5. The fraction of sp³-hybridized carbons (Fsp3) is 0.833. The fourth-order valence-electron chi connectivity index (χ4n) is 3.01. The molecule has 2 aliphatic heterocycles. The molecule has 1 aromatic heterocycles. The molecular weight excluding hydrogens is 271 g/mol. The van der Waals surface area contributed by atoms with E-state index < -0.39 is 12.0 Å². The highest BCUT2D eigenvalue weighted by Gasteiger charge is 2.40. The van der Waals surface area contributed by atoms with Crippen molar-refractivity contribution in [3.63, 3.8) is 0 Å². The predicted octanol–water partition coefficient (Wildman–Crippen LogP) is 1.25. The highest BCUT2D eigenvalue weighted by molar-refractivity contribution is 5.03. The van der Waals surface area contributed by atoms with Gasteiger partial charge in [0.1, 0.15) is 5.82 Å². The smallest absolute Gasteiger partial charge is 0.315 e. The van der Waals surface area contributed by atoms with Gasteiger partial charge >= 0.3 is 6.18 Å². The van der Waals surface area contributed by atoms with Gasteiger partial charge in [0.15, 0.2) is 0 Å². The van der Waals surface area contributed by atoms with Crippen LogP contribution in [0, 0.1) is 0 Å². The number of halogens is 3. The molecule has 0 radical (unpaired) electrons. The zero-order valence-corrected chi connectivity index (χ0v) is 11.2. The molecule has 2 aliphatic rings. The van der Waals surface area contributed by atoms with Crippen LogP contribution in [-0.2, 0) is 19.3 Å². The van der Waals surface area contributed by atoms with Crippen LogP contribution in [0.25, 0.3) is 0 Å². The van der Waals surface area contributed by atoms with Crippen LogP contribution in [0.15, 0.2) is 0 Å². The number of alkyl halides is 3. The lowest BCUT2D eigenvalue weighted by Crippen LogP contribution is -2.45. The maximum absolute atomic E-state index is 12.8. The van der Waals surface area contributed by atoms with Crippen molar-refractivity contribution < 1.29 is 13.2 Å². The summed E-state index contributed by atoms with van der Waals surface area (Å²) in [5.41, 5.74) is 0. The van der Waals surface area contributed by atoms with E-state index in [1.165, 1.54) is 11.0 Å². The Labute approximate surface area is 115 Å². The second-order valence-corrected chi connectivity index (χ2v) is 5.41. The molecule has 3 heterocycles. The van der Waals surface area contributed by atoms with Crippen molar-refractivity contribution in [1.82, 2.24) is 25.0 Å². The van der Waals surface area contributed by atoms with Crippen molar-refractivity contribution in [2.45, 2.75) is 44.6 Å². The van der Waals surface area contributed by atoms with Gasteiger partial charge in [-0.25, -0.2) is 0 Å². The molecule has 0 bridgehead atoms. The summed E-state index contributed by atoms with van der Waals surface area (Å²) in [5, 5.41) is 10.4. The molecule has 112 valence electrons. The van der Waals surface area contributed by atoms with Gasteiger partial charge in [0, 0.05) is 25.7 Å². The maximum Gasteiger partial charge on any atom is 0.451 e. The van der Waals surface area contributed by atoms with Crippen molar-refractivity contribution in [2.75, 3.05) is 19.6 Å². The van der Waals surface area contributed by atoms with E-state index in [2.05, 4.69) is 20.4 Å². The minimum atomic E-state index is -4.42. The number of aromatic nitrogens is 3.